The highest BCUT2D eigenvalue weighted by molar-refractivity contribution is 4.95. The van der Waals surface area contributed by atoms with E-state index in [1.54, 1.807) is 0 Å². The maximum absolute atomic E-state index is 9.13. The van der Waals surface area contributed by atoms with Crippen molar-refractivity contribution in [1.29, 1.82) is 0 Å². The summed E-state index contributed by atoms with van der Waals surface area (Å²) in [4.78, 5) is 0. The van der Waals surface area contributed by atoms with Crippen molar-refractivity contribution in [3.63, 3.8) is 0 Å². The highest BCUT2D eigenvalue weighted by Gasteiger charge is 2.33. The quantitative estimate of drug-likeness (QED) is 0.621. The first-order valence-corrected chi connectivity index (χ1v) is 5.94. The van der Waals surface area contributed by atoms with Gasteiger partial charge in [-0.15, -0.1) is 0 Å². The zero-order valence-electron chi connectivity index (χ0n) is 9.00. The van der Waals surface area contributed by atoms with Crippen molar-refractivity contribution in [2.45, 2.75) is 63.2 Å². The van der Waals surface area contributed by atoms with Gasteiger partial charge in [-0.1, -0.05) is 6.92 Å². The average molecular weight is 198 g/mol. The molecule has 82 valence electrons. The van der Waals surface area contributed by atoms with Crippen LogP contribution in [0.2, 0.25) is 0 Å². The van der Waals surface area contributed by atoms with E-state index in [2.05, 4.69) is 17.6 Å². The molecule has 0 aromatic rings. The molecule has 3 atom stereocenters. The molecule has 0 radical (unpaired) electrons. The second-order valence-electron chi connectivity index (χ2n) is 4.76. The van der Waals surface area contributed by atoms with Crippen molar-refractivity contribution in [2.24, 2.45) is 0 Å². The number of piperidine rings is 1. The second kappa shape index (κ2) is 4.60. The summed E-state index contributed by atoms with van der Waals surface area (Å²) < 4.78 is 0. The molecule has 2 aliphatic heterocycles. The molecule has 2 heterocycles. The zero-order valence-corrected chi connectivity index (χ0v) is 9.00. The van der Waals surface area contributed by atoms with E-state index >= 15 is 0 Å². The molecule has 2 saturated heterocycles. The van der Waals surface area contributed by atoms with Crippen LogP contribution in [0.25, 0.3) is 0 Å². The van der Waals surface area contributed by atoms with Gasteiger partial charge < -0.3 is 15.7 Å². The average Bonchev–Trinajstić information content (AvgIpc) is 2.55. The number of rotatable bonds is 4. The number of hydrogen-bond acceptors (Lipinski definition) is 3. The van der Waals surface area contributed by atoms with E-state index in [9.17, 15) is 0 Å². The van der Waals surface area contributed by atoms with E-state index in [0.717, 1.165) is 18.5 Å². The minimum atomic E-state index is 0.274. The summed E-state index contributed by atoms with van der Waals surface area (Å²) in [5, 5.41) is 16.3. The third-order valence-corrected chi connectivity index (χ3v) is 3.66. The first-order valence-electron chi connectivity index (χ1n) is 5.94. The van der Waals surface area contributed by atoms with Crippen LogP contribution in [0.4, 0.5) is 0 Å². The van der Waals surface area contributed by atoms with Gasteiger partial charge >= 0.3 is 0 Å². The summed E-state index contributed by atoms with van der Waals surface area (Å²) in [6, 6.07) is 2.41. The summed E-state index contributed by atoms with van der Waals surface area (Å²) in [5.41, 5.74) is 0. The van der Waals surface area contributed by atoms with Crippen molar-refractivity contribution in [3.8, 4) is 0 Å². The van der Waals surface area contributed by atoms with Crippen molar-refractivity contribution >= 4 is 0 Å². The third kappa shape index (κ3) is 2.27. The predicted molar refractivity (Wildman–Crippen MR) is 57.3 cm³/mol. The lowest BCUT2D eigenvalue weighted by atomic mass is 9.98. The molecule has 0 aliphatic carbocycles. The van der Waals surface area contributed by atoms with Crippen LogP contribution in [0.5, 0.6) is 0 Å². The lowest BCUT2D eigenvalue weighted by molar-refractivity contribution is 0.208. The molecule has 0 saturated carbocycles. The Kier molecular flexibility index (Phi) is 3.42. The van der Waals surface area contributed by atoms with E-state index in [-0.39, 0.29) is 6.61 Å². The molecule has 2 aliphatic rings. The highest BCUT2D eigenvalue weighted by Crippen LogP contribution is 2.26. The van der Waals surface area contributed by atoms with Crippen molar-refractivity contribution in [2.75, 3.05) is 6.61 Å². The maximum atomic E-state index is 9.13. The van der Waals surface area contributed by atoms with Crippen molar-refractivity contribution in [1.82, 2.24) is 10.6 Å². The van der Waals surface area contributed by atoms with Gasteiger partial charge in [0.25, 0.3) is 0 Å². The molecular formula is C11H22N2O. The van der Waals surface area contributed by atoms with Crippen LogP contribution in [0.3, 0.4) is 0 Å². The molecule has 3 N–H and O–H groups in total. The monoisotopic (exact) mass is 198 g/mol. The second-order valence-corrected chi connectivity index (χ2v) is 4.76. The summed E-state index contributed by atoms with van der Waals surface area (Å²) in [6.45, 7) is 2.40. The van der Waals surface area contributed by atoms with Gasteiger partial charge in [-0.2, -0.15) is 0 Å². The molecule has 3 heteroatoms. The normalized spacial score (nSPS) is 38.6. The van der Waals surface area contributed by atoms with Gasteiger partial charge in [-0.3, -0.25) is 0 Å². The van der Waals surface area contributed by atoms with Crippen LogP contribution in [0.1, 0.15) is 39.0 Å². The Morgan fingerprint density at radius 2 is 2.00 bits per heavy atom. The topological polar surface area (TPSA) is 44.3 Å². The van der Waals surface area contributed by atoms with Crippen LogP contribution < -0.4 is 10.6 Å². The molecule has 2 rings (SSSR count). The number of hydrogen-bond donors (Lipinski definition) is 3. The van der Waals surface area contributed by atoms with Gasteiger partial charge in [0.1, 0.15) is 0 Å². The first kappa shape index (κ1) is 10.4. The summed E-state index contributed by atoms with van der Waals surface area (Å²) in [6.07, 6.45) is 6.20. The van der Waals surface area contributed by atoms with E-state index in [1.807, 2.05) is 0 Å². The van der Waals surface area contributed by atoms with Gasteiger partial charge in [-0.05, 0) is 32.1 Å². The summed E-state index contributed by atoms with van der Waals surface area (Å²) in [5.74, 6) is 0. The fourth-order valence-electron chi connectivity index (χ4n) is 2.83. The number of aliphatic hydroxyl groups is 1. The summed E-state index contributed by atoms with van der Waals surface area (Å²) in [7, 11) is 0. The Bertz CT molecular complexity index is 170. The lowest BCUT2D eigenvalue weighted by Crippen LogP contribution is -2.49. The number of aliphatic hydroxyl groups excluding tert-OH is 1. The van der Waals surface area contributed by atoms with Gasteiger partial charge in [0.2, 0.25) is 0 Å². The molecule has 0 aromatic heterocycles. The van der Waals surface area contributed by atoms with Crippen LogP contribution in [0.15, 0.2) is 0 Å². The molecule has 0 aromatic carbocycles. The van der Waals surface area contributed by atoms with Gasteiger partial charge in [-0.25, -0.2) is 0 Å². The predicted octanol–water partition coefficient (Wildman–Crippen LogP) is 0.630. The largest absolute Gasteiger partial charge is 0.395 e. The van der Waals surface area contributed by atoms with E-state index in [4.69, 9.17) is 5.11 Å². The Balaban J connectivity index is 1.81. The van der Waals surface area contributed by atoms with Crippen LogP contribution in [0, 0.1) is 0 Å². The smallest absolute Gasteiger partial charge is 0.0584 e. The number of nitrogens with one attached hydrogen (secondary N) is 2. The van der Waals surface area contributed by atoms with Crippen LogP contribution >= 0.6 is 0 Å². The first-order chi connectivity index (χ1) is 6.81. The molecule has 14 heavy (non-hydrogen) atoms. The van der Waals surface area contributed by atoms with Gasteiger partial charge in [0.15, 0.2) is 0 Å². The minimum Gasteiger partial charge on any atom is -0.395 e. The SMILES string of the molecule is CCC(CO)NC1CC2CCC(C1)N2. The van der Waals surface area contributed by atoms with Crippen molar-refractivity contribution in [3.05, 3.63) is 0 Å². The molecule has 3 unspecified atom stereocenters. The van der Waals surface area contributed by atoms with E-state index < -0.39 is 0 Å². The molecule has 2 fully saturated rings. The fourth-order valence-corrected chi connectivity index (χ4v) is 2.83. The molecule has 2 bridgehead atoms. The Labute approximate surface area is 86.3 Å². The fraction of sp³-hybridized carbons (Fsp3) is 1.00. The minimum absolute atomic E-state index is 0.274. The van der Waals surface area contributed by atoms with Gasteiger partial charge in [0, 0.05) is 24.2 Å². The van der Waals surface area contributed by atoms with Crippen LogP contribution in [-0.2, 0) is 0 Å². The van der Waals surface area contributed by atoms with Crippen molar-refractivity contribution < 1.29 is 5.11 Å². The third-order valence-electron chi connectivity index (χ3n) is 3.66. The lowest BCUT2D eigenvalue weighted by Gasteiger charge is -2.32. The highest BCUT2D eigenvalue weighted by atomic mass is 16.3. The Hall–Kier alpha value is -0.120. The molecule has 3 nitrogen and oxygen atoms in total. The van der Waals surface area contributed by atoms with Gasteiger partial charge in [0.05, 0.1) is 6.61 Å². The Morgan fingerprint density at radius 1 is 1.36 bits per heavy atom. The standard InChI is InChI=1S/C11H22N2O/c1-2-8(7-14)12-11-5-9-3-4-10(6-11)13-9/h8-14H,2-7H2,1H3. The Morgan fingerprint density at radius 3 is 2.50 bits per heavy atom. The molecular weight excluding hydrogens is 176 g/mol. The van der Waals surface area contributed by atoms with Crippen LogP contribution in [-0.4, -0.2) is 35.9 Å². The molecule has 0 spiro atoms. The number of fused-ring (bicyclic) bond motifs is 2. The van der Waals surface area contributed by atoms with E-state index in [1.165, 1.54) is 25.7 Å². The van der Waals surface area contributed by atoms with E-state index in [0.29, 0.717) is 12.1 Å². The maximum Gasteiger partial charge on any atom is 0.0584 e. The summed E-state index contributed by atoms with van der Waals surface area (Å²) >= 11 is 0. The zero-order chi connectivity index (χ0) is 9.97. The molecule has 0 amide bonds.